The van der Waals surface area contributed by atoms with Crippen molar-refractivity contribution in [2.24, 2.45) is 0 Å². The predicted molar refractivity (Wildman–Crippen MR) is 96.6 cm³/mol. The van der Waals surface area contributed by atoms with Crippen LogP contribution in [0.5, 0.6) is 5.75 Å². The lowest BCUT2D eigenvalue weighted by Crippen LogP contribution is -2.25. The van der Waals surface area contributed by atoms with Crippen molar-refractivity contribution in [1.82, 2.24) is 4.98 Å². The SMILES string of the molecule is COCc1nccc(N[C@H]2CC[C@@H](c3ccccc3)CC2)c1OC. The monoisotopic (exact) mass is 326 g/mol. The summed E-state index contributed by atoms with van der Waals surface area (Å²) in [5.74, 6) is 1.48. The number of hydrogen-bond donors (Lipinski definition) is 1. The zero-order chi connectivity index (χ0) is 16.8. The van der Waals surface area contributed by atoms with Gasteiger partial charge in [0.2, 0.25) is 0 Å². The van der Waals surface area contributed by atoms with Gasteiger partial charge in [0.25, 0.3) is 0 Å². The Morgan fingerprint density at radius 2 is 1.79 bits per heavy atom. The molecule has 0 spiro atoms. The van der Waals surface area contributed by atoms with Crippen molar-refractivity contribution in [1.29, 1.82) is 0 Å². The van der Waals surface area contributed by atoms with E-state index in [1.165, 1.54) is 31.2 Å². The average molecular weight is 326 g/mol. The van der Waals surface area contributed by atoms with Crippen molar-refractivity contribution in [2.45, 2.75) is 44.2 Å². The Morgan fingerprint density at radius 3 is 2.46 bits per heavy atom. The molecule has 1 heterocycles. The number of benzene rings is 1. The van der Waals surface area contributed by atoms with Crippen LogP contribution in [0.4, 0.5) is 5.69 Å². The number of hydrogen-bond acceptors (Lipinski definition) is 4. The normalized spacial score (nSPS) is 20.6. The minimum absolute atomic E-state index is 0.458. The second-order valence-electron chi connectivity index (χ2n) is 6.38. The molecule has 1 fully saturated rings. The third kappa shape index (κ3) is 3.88. The van der Waals surface area contributed by atoms with Crippen LogP contribution < -0.4 is 10.1 Å². The van der Waals surface area contributed by atoms with Crippen LogP contribution in [0.2, 0.25) is 0 Å². The molecule has 0 amide bonds. The fourth-order valence-electron chi connectivity index (χ4n) is 3.59. The molecule has 0 atom stereocenters. The molecule has 4 heteroatoms. The quantitative estimate of drug-likeness (QED) is 0.856. The van der Waals surface area contributed by atoms with Gasteiger partial charge in [-0.25, -0.2) is 0 Å². The summed E-state index contributed by atoms with van der Waals surface area (Å²) in [7, 11) is 3.36. The van der Waals surface area contributed by atoms with E-state index in [-0.39, 0.29) is 0 Å². The van der Waals surface area contributed by atoms with Gasteiger partial charge in [-0.2, -0.15) is 0 Å². The molecule has 1 aromatic heterocycles. The van der Waals surface area contributed by atoms with Crippen LogP contribution >= 0.6 is 0 Å². The van der Waals surface area contributed by atoms with Crippen molar-refractivity contribution in [3.05, 3.63) is 53.9 Å². The summed E-state index contributed by atoms with van der Waals surface area (Å²) in [6.45, 7) is 0.458. The molecule has 2 aromatic rings. The summed E-state index contributed by atoms with van der Waals surface area (Å²) in [5.41, 5.74) is 3.32. The number of nitrogens with one attached hydrogen (secondary N) is 1. The van der Waals surface area contributed by atoms with Gasteiger partial charge in [-0.1, -0.05) is 30.3 Å². The summed E-state index contributed by atoms with van der Waals surface area (Å²) >= 11 is 0. The number of pyridine rings is 1. The maximum absolute atomic E-state index is 5.56. The highest BCUT2D eigenvalue weighted by molar-refractivity contribution is 5.58. The molecule has 0 unspecified atom stereocenters. The number of anilines is 1. The minimum atomic E-state index is 0.458. The predicted octanol–water partition coefficient (Wildman–Crippen LogP) is 4.37. The highest BCUT2D eigenvalue weighted by Crippen LogP contribution is 2.35. The van der Waals surface area contributed by atoms with E-state index in [9.17, 15) is 0 Å². The smallest absolute Gasteiger partial charge is 0.165 e. The van der Waals surface area contributed by atoms with Gasteiger partial charge < -0.3 is 14.8 Å². The fourth-order valence-corrected chi connectivity index (χ4v) is 3.59. The van der Waals surface area contributed by atoms with Crippen LogP contribution in [0.15, 0.2) is 42.6 Å². The van der Waals surface area contributed by atoms with Crippen molar-refractivity contribution < 1.29 is 9.47 Å². The van der Waals surface area contributed by atoms with Gasteiger partial charge in [-0.05, 0) is 43.2 Å². The number of ether oxygens (including phenoxy) is 2. The number of methoxy groups -OCH3 is 2. The Hall–Kier alpha value is -2.07. The lowest BCUT2D eigenvalue weighted by molar-refractivity contribution is 0.178. The third-order valence-electron chi connectivity index (χ3n) is 4.82. The van der Waals surface area contributed by atoms with E-state index < -0.39 is 0 Å². The Bertz CT molecular complexity index is 637. The fraction of sp³-hybridized carbons (Fsp3) is 0.450. The van der Waals surface area contributed by atoms with Crippen LogP contribution in [0.25, 0.3) is 0 Å². The lowest BCUT2D eigenvalue weighted by atomic mass is 9.82. The first-order valence-electron chi connectivity index (χ1n) is 8.64. The highest BCUT2D eigenvalue weighted by atomic mass is 16.5. The Balaban J connectivity index is 1.63. The zero-order valence-corrected chi connectivity index (χ0v) is 14.5. The molecule has 4 nitrogen and oxygen atoms in total. The van der Waals surface area contributed by atoms with E-state index in [2.05, 4.69) is 40.6 Å². The molecule has 1 aromatic carbocycles. The second-order valence-corrected chi connectivity index (χ2v) is 6.38. The molecule has 1 N–H and O–H groups in total. The topological polar surface area (TPSA) is 43.4 Å². The minimum Gasteiger partial charge on any atom is -0.493 e. The van der Waals surface area contributed by atoms with E-state index in [4.69, 9.17) is 9.47 Å². The number of aromatic nitrogens is 1. The van der Waals surface area contributed by atoms with Crippen molar-refractivity contribution in [3.8, 4) is 5.75 Å². The van der Waals surface area contributed by atoms with Gasteiger partial charge in [0.15, 0.2) is 5.75 Å². The molecule has 3 rings (SSSR count). The zero-order valence-electron chi connectivity index (χ0n) is 14.5. The molecule has 0 radical (unpaired) electrons. The van der Waals surface area contributed by atoms with E-state index in [0.717, 1.165) is 17.1 Å². The molecular weight excluding hydrogens is 300 g/mol. The summed E-state index contributed by atoms with van der Waals surface area (Å²) in [6, 6.07) is 13.3. The summed E-state index contributed by atoms with van der Waals surface area (Å²) in [5, 5.41) is 3.65. The maximum atomic E-state index is 5.56. The first-order valence-corrected chi connectivity index (χ1v) is 8.64. The molecule has 24 heavy (non-hydrogen) atoms. The maximum Gasteiger partial charge on any atom is 0.165 e. The largest absolute Gasteiger partial charge is 0.493 e. The van der Waals surface area contributed by atoms with Gasteiger partial charge in [-0.15, -0.1) is 0 Å². The van der Waals surface area contributed by atoms with Crippen LogP contribution in [0, 0.1) is 0 Å². The van der Waals surface area contributed by atoms with Crippen LogP contribution in [0.3, 0.4) is 0 Å². The number of rotatable bonds is 6. The van der Waals surface area contributed by atoms with Crippen molar-refractivity contribution in [2.75, 3.05) is 19.5 Å². The van der Waals surface area contributed by atoms with Gasteiger partial charge in [0, 0.05) is 19.3 Å². The van der Waals surface area contributed by atoms with E-state index in [1.807, 2.05) is 12.3 Å². The number of nitrogens with zero attached hydrogens (tertiary/aromatic N) is 1. The lowest BCUT2D eigenvalue weighted by Gasteiger charge is -2.30. The van der Waals surface area contributed by atoms with E-state index >= 15 is 0 Å². The van der Waals surface area contributed by atoms with Crippen molar-refractivity contribution >= 4 is 5.69 Å². The third-order valence-corrected chi connectivity index (χ3v) is 4.82. The first-order chi connectivity index (χ1) is 11.8. The Morgan fingerprint density at radius 1 is 1.04 bits per heavy atom. The highest BCUT2D eigenvalue weighted by Gasteiger charge is 2.23. The molecule has 1 saturated carbocycles. The molecule has 0 aliphatic heterocycles. The molecular formula is C20H26N2O2. The van der Waals surface area contributed by atoms with E-state index in [0.29, 0.717) is 18.6 Å². The second kappa shape index (κ2) is 8.15. The molecule has 0 saturated heterocycles. The van der Waals surface area contributed by atoms with Crippen LogP contribution in [-0.4, -0.2) is 25.2 Å². The Labute approximate surface area is 144 Å². The Kier molecular flexibility index (Phi) is 5.70. The average Bonchev–Trinajstić information content (AvgIpc) is 2.64. The standard InChI is InChI=1S/C20H26N2O2/c1-23-14-19-20(24-2)18(12-13-21-19)22-17-10-8-16(9-11-17)15-6-4-3-5-7-15/h3-7,12-13,16-17H,8-11,14H2,1-2H3,(H,21,22)/t16-,17+. The molecule has 0 bridgehead atoms. The summed E-state index contributed by atoms with van der Waals surface area (Å²) < 4.78 is 10.8. The molecule has 128 valence electrons. The van der Waals surface area contributed by atoms with E-state index in [1.54, 1.807) is 14.2 Å². The van der Waals surface area contributed by atoms with Crippen molar-refractivity contribution in [3.63, 3.8) is 0 Å². The van der Waals surface area contributed by atoms with Crippen LogP contribution in [0.1, 0.15) is 42.9 Å². The summed E-state index contributed by atoms with van der Waals surface area (Å²) in [4.78, 5) is 4.35. The molecule has 1 aliphatic carbocycles. The van der Waals surface area contributed by atoms with Gasteiger partial charge in [0.05, 0.1) is 19.4 Å². The van der Waals surface area contributed by atoms with Gasteiger partial charge in [0.1, 0.15) is 5.69 Å². The molecule has 1 aliphatic rings. The van der Waals surface area contributed by atoms with Crippen LogP contribution in [-0.2, 0) is 11.3 Å². The van der Waals surface area contributed by atoms with Gasteiger partial charge in [-0.3, -0.25) is 4.98 Å². The summed E-state index contributed by atoms with van der Waals surface area (Å²) in [6.07, 6.45) is 6.60. The van der Waals surface area contributed by atoms with Gasteiger partial charge >= 0.3 is 0 Å². The first kappa shape index (κ1) is 16.8.